The van der Waals surface area contributed by atoms with Gasteiger partial charge in [0.05, 0.1) is 0 Å². The molecule has 0 aliphatic carbocycles. The summed E-state index contributed by atoms with van der Waals surface area (Å²) in [4.78, 5) is 11.7. The van der Waals surface area contributed by atoms with Crippen LogP contribution in [0.1, 0.15) is 12.5 Å². The maximum atomic E-state index is 11.7. The number of carbonyl (C=O) groups excluding carboxylic acids is 1. The largest absolute Gasteiger partial charge is 0.352 e. The molecule has 6 heteroatoms. The third-order valence-corrected chi connectivity index (χ3v) is 3.27. The zero-order valence-electron chi connectivity index (χ0n) is 10.3. The van der Waals surface area contributed by atoms with Crippen LogP contribution >= 0.6 is 39.9 Å². The maximum Gasteiger partial charge on any atom is 0.224 e. The van der Waals surface area contributed by atoms with E-state index in [2.05, 4.69) is 26.6 Å². The number of hydrogen-bond donors (Lipinski definition) is 2. The maximum absolute atomic E-state index is 11.7. The van der Waals surface area contributed by atoms with Crippen molar-refractivity contribution in [2.75, 3.05) is 13.6 Å². The Bertz CT molecular complexity index is 402. The van der Waals surface area contributed by atoms with Crippen molar-refractivity contribution in [3.8, 4) is 0 Å². The monoisotopic (exact) mass is 354 g/mol. The average Bonchev–Trinajstić information content (AvgIpc) is 2.27. The van der Waals surface area contributed by atoms with Crippen LogP contribution in [-0.2, 0) is 11.3 Å². The van der Waals surface area contributed by atoms with E-state index >= 15 is 0 Å². The quantitative estimate of drug-likeness (QED) is 0.852. The number of carbonyl (C=O) groups is 1. The molecule has 0 saturated carbocycles. The molecule has 1 atom stereocenters. The van der Waals surface area contributed by atoms with Crippen molar-refractivity contribution in [2.45, 2.75) is 13.5 Å². The number of rotatable bonds is 5. The summed E-state index contributed by atoms with van der Waals surface area (Å²) < 4.78 is 0.932. The lowest BCUT2D eigenvalue weighted by atomic mass is 10.1. The standard InChI is InChI=1S/C12H16BrClN2O.ClH/c1-8(6-15-2)12(17)16-7-9-3-4-10(13)5-11(9)14;/h3-5,8,15H,6-7H2,1-2H3,(H,16,17);1H. The molecule has 102 valence electrons. The SMILES string of the molecule is CNCC(C)C(=O)NCc1ccc(Br)cc1Cl.Cl. The summed E-state index contributed by atoms with van der Waals surface area (Å²) in [5, 5.41) is 6.49. The Balaban J connectivity index is 0.00000289. The second kappa shape index (κ2) is 8.75. The highest BCUT2D eigenvalue weighted by molar-refractivity contribution is 9.10. The van der Waals surface area contributed by atoms with Crippen LogP contribution in [0.3, 0.4) is 0 Å². The Kier molecular flexibility index (Phi) is 8.61. The topological polar surface area (TPSA) is 41.1 Å². The molecule has 2 N–H and O–H groups in total. The number of amides is 1. The third-order valence-electron chi connectivity index (χ3n) is 2.43. The van der Waals surface area contributed by atoms with Crippen molar-refractivity contribution in [3.05, 3.63) is 33.3 Å². The molecule has 3 nitrogen and oxygen atoms in total. The lowest BCUT2D eigenvalue weighted by molar-refractivity contribution is -0.124. The summed E-state index contributed by atoms with van der Waals surface area (Å²) in [6.45, 7) is 3.01. The first-order valence-corrected chi connectivity index (χ1v) is 6.58. The lowest BCUT2D eigenvalue weighted by Crippen LogP contribution is -2.33. The van der Waals surface area contributed by atoms with Crippen molar-refractivity contribution >= 4 is 45.8 Å². The minimum atomic E-state index is -0.0470. The molecular formula is C12H17BrCl2N2O. The molecule has 1 aromatic rings. The molecule has 0 aliphatic heterocycles. The van der Waals surface area contributed by atoms with Crippen LogP contribution in [0.25, 0.3) is 0 Å². The van der Waals surface area contributed by atoms with Gasteiger partial charge in [-0.15, -0.1) is 12.4 Å². The number of halogens is 3. The minimum absolute atomic E-state index is 0. The molecule has 0 heterocycles. The van der Waals surface area contributed by atoms with Gasteiger partial charge in [0.2, 0.25) is 5.91 Å². The first-order chi connectivity index (χ1) is 8.04. The Morgan fingerprint density at radius 2 is 2.17 bits per heavy atom. The van der Waals surface area contributed by atoms with Gasteiger partial charge < -0.3 is 10.6 Å². The Morgan fingerprint density at radius 3 is 2.72 bits per heavy atom. The summed E-state index contributed by atoms with van der Waals surface area (Å²) in [6.07, 6.45) is 0. The highest BCUT2D eigenvalue weighted by Gasteiger charge is 2.11. The van der Waals surface area contributed by atoms with Gasteiger partial charge in [-0.25, -0.2) is 0 Å². The second-order valence-corrected chi connectivity index (χ2v) is 5.24. The molecule has 1 unspecified atom stereocenters. The van der Waals surface area contributed by atoms with Gasteiger partial charge in [0.25, 0.3) is 0 Å². The van der Waals surface area contributed by atoms with Gasteiger partial charge in [-0.05, 0) is 24.7 Å². The van der Waals surface area contributed by atoms with Crippen molar-refractivity contribution in [3.63, 3.8) is 0 Å². The van der Waals surface area contributed by atoms with Crippen LogP contribution in [0.2, 0.25) is 5.02 Å². The van der Waals surface area contributed by atoms with Gasteiger partial charge in [0, 0.05) is 28.5 Å². The van der Waals surface area contributed by atoms with Crippen LogP contribution in [0, 0.1) is 5.92 Å². The Labute approximate surface area is 127 Å². The van der Waals surface area contributed by atoms with E-state index in [0.717, 1.165) is 10.0 Å². The third kappa shape index (κ3) is 5.57. The molecule has 1 rings (SSSR count). The summed E-state index contributed by atoms with van der Waals surface area (Å²) in [5.74, 6) is -0.0208. The van der Waals surface area contributed by atoms with Crippen molar-refractivity contribution < 1.29 is 4.79 Å². The molecule has 1 amide bonds. The van der Waals surface area contributed by atoms with Gasteiger partial charge >= 0.3 is 0 Å². The first kappa shape index (κ1) is 17.7. The van der Waals surface area contributed by atoms with Crippen LogP contribution in [-0.4, -0.2) is 19.5 Å². The van der Waals surface area contributed by atoms with Gasteiger partial charge in [-0.1, -0.05) is 40.5 Å². The second-order valence-electron chi connectivity index (χ2n) is 3.91. The van der Waals surface area contributed by atoms with Gasteiger partial charge in [0.1, 0.15) is 0 Å². The Morgan fingerprint density at radius 1 is 1.50 bits per heavy atom. The molecule has 0 radical (unpaired) electrons. The van der Waals surface area contributed by atoms with Gasteiger partial charge in [0.15, 0.2) is 0 Å². The molecular weight excluding hydrogens is 339 g/mol. The van der Waals surface area contributed by atoms with Crippen LogP contribution in [0.5, 0.6) is 0 Å². The summed E-state index contributed by atoms with van der Waals surface area (Å²) in [7, 11) is 1.83. The van der Waals surface area contributed by atoms with E-state index < -0.39 is 0 Å². The molecule has 0 saturated heterocycles. The predicted octanol–water partition coefficient (Wildman–Crippen LogP) is 3.00. The van der Waals surface area contributed by atoms with E-state index in [0.29, 0.717) is 18.1 Å². The normalized spacial score (nSPS) is 11.6. The summed E-state index contributed by atoms with van der Waals surface area (Å²) >= 11 is 9.40. The molecule has 18 heavy (non-hydrogen) atoms. The summed E-state index contributed by atoms with van der Waals surface area (Å²) in [6, 6.07) is 5.62. The fourth-order valence-electron chi connectivity index (χ4n) is 1.42. The number of hydrogen-bond acceptors (Lipinski definition) is 2. The molecule has 0 aromatic heterocycles. The van der Waals surface area contributed by atoms with Crippen molar-refractivity contribution in [1.29, 1.82) is 0 Å². The van der Waals surface area contributed by atoms with Crippen LogP contribution in [0.15, 0.2) is 22.7 Å². The zero-order chi connectivity index (χ0) is 12.8. The minimum Gasteiger partial charge on any atom is -0.352 e. The van der Waals surface area contributed by atoms with Crippen LogP contribution < -0.4 is 10.6 Å². The highest BCUT2D eigenvalue weighted by Crippen LogP contribution is 2.21. The van der Waals surface area contributed by atoms with Crippen molar-refractivity contribution in [1.82, 2.24) is 10.6 Å². The molecule has 0 bridgehead atoms. The predicted molar refractivity (Wildman–Crippen MR) is 81.3 cm³/mol. The molecule has 0 fully saturated rings. The highest BCUT2D eigenvalue weighted by atomic mass is 79.9. The smallest absolute Gasteiger partial charge is 0.224 e. The van der Waals surface area contributed by atoms with E-state index in [1.165, 1.54) is 0 Å². The summed E-state index contributed by atoms with van der Waals surface area (Å²) in [5.41, 5.74) is 0.917. The Hall–Kier alpha value is -0.290. The fraction of sp³-hybridized carbons (Fsp3) is 0.417. The first-order valence-electron chi connectivity index (χ1n) is 5.41. The van der Waals surface area contributed by atoms with Crippen molar-refractivity contribution in [2.24, 2.45) is 5.92 Å². The molecule has 1 aromatic carbocycles. The van der Waals surface area contributed by atoms with E-state index in [9.17, 15) is 4.79 Å². The van der Waals surface area contributed by atoms with E-state index in [4.69, 9.17) is 11.6 Å². The fourth-order valence-corrected chi connectivity index (χ4v) is 2.16. The number of nitrogens with one attached hydrogen (secondary N) is 2. The van der Waals surface area contributed by atoms with Gasteiger partial charge in [-0.2, -0.15) is 0 Å². The van der Waals surface area contributed by atoms with E-state index in [1.807, 2.05) is 32.2 Å². The number of benzene rings is 1. The zero-order valence-corrected chi connectivity index (χ0v) is 13.5. The van der Waals surface area contributed by atoms with E-state index in [1.54, 1.807) is 0 Å². The van der Waals surface area contributed by atoms with E-state index in [-0.39, 0.29) is 24.2 Å². The molecule has 0 spiro atoms. The average molecular weight is 356 g/mol. The molecule has 0 aliphatic rings. The lowest BCUT2D eigenvalue weighted by Gasteiger charge is -2.12. The van der Waals surface area contributed by atoms with Crippen LogP contribution in [0.4, 0.5) is 0 Å². The van der Waals surface area contributed by atoms with Gasteiger partial charge in [-0.3, -0.25) is 4.79 Å².